The molecule has 1 aromatic carbocycles. The van der Waals surface area contributed by atoms with Gasteiger partial charge in [-0.25, -0.2) is 4.40 Å². The number of nitrogen functional groups attached to an aromatic ring is 1. The molecule has 80 valence electrons. The van der Waals surface area contributed by atoms with Gasteiger partial charge in [0.05, 0.1) is 10.9 Å². The van der Waals surface area contributed by atoms with E-state index in [0.717, 1.165) is 5.52 Å². The predicted octanol–water partition coefficient (Wildman–Crippen LogP) is 0.163. The van der Waals surface area contributed by atoms with Gasteiger partial charge in [0.15, 0.2) is 0 Å². The molecule has 0 aliphatic carbocycles. The molecule has 0 spiro atoms. The normalized spacial score (nSPS) is 11.3. The fourth-order valence-electron chi connectivity index (χ4n) is 1.86. The van der Waals surface area contributed by atoms with Crippen LogP contribution in [-0.4, -0.2) is 19.2 Å². The highest BCUT2D eigenvalue weighted by atomic mass is 16.1. The molecular formula is C10H9N5O. The first-order chi connectivity index (χ1) is 7.70. The number of nitrogens with two attached hydrogens (primary N) is 1. The van der Waals surface area contributed by atoms with Crippen molar-refractivity contribution in [3.63, 3.8) is 0 Å². The van der Waals surface area contributed by atoms with E-state index in [-0.39, 0.29) is 11.5 Å². The van der Waals surface area contributed by atoms with Gasteiger partial charge in [-0.05, 0) is 12.1 Å². The van der Waals surface area contributed by atoms with Gasteiger partial charge in [-0.15, -0.1) is 10.2 Å². The maximum Gasteiger partial charge on any atom is 0.262 e. The van der Waals surface area contributed by atoms with Crippen LogP contribution in [0.4, 0.5) is 5.95 Å². The van der Waals surface area contributed by atoms with Gasteiger partial charge in [0.1, 0.15) is 0 Å². The van der Waals surface area contributed by atoms with Crippen LogP contribution in [-0.2, 0) is 7.05 Å². The van der Waals surface area contributed by atoms with Crippen LogP contribution >= 0.6 is 0 Å². The zero-order valence-electron chi connectivity index (χ0n) is 8.58. The second-order valence-electron chi connectivity index (χ2n) is 3.57. The molecule has 0 aliphatic rings. The van der Waals surface area contributed by atoms with E-state index in [2.05, 4.69) is 10.2 Å². The van der Waals surface area contributed by atoms with Crippen molar-refractivity contribution < 1.29 is 0 Å². The molecule has 2 heterocycles. The van der Waals surface area contributed by atoms with Crippen molar-refractivity contribution in [2.75, 3.05) is 5.73 Å². The average molecular weight is 215 g/mol. The zero-order chi connectivity index (χ0) is 11.3. The number of aryl methyl sites for hydroxylation is 1. The summed E-state index contributed by atoms with van der Waals surface area (Å²) in [6.45, 7) is 0. The van der Waals surface area contributed by atoms with Gasteiger partial charge in [0.2, 0.25) is 11.7 Å². The number of aromatic nitrogens is 4. The van der Waals surface area contributed by atoms with Crippen molar-refractivity contribution in [1.82, 2.24) is 19.2 Å². The number of hydrogen-bond donors (Lipinski definition) is 1. The average Bonchev–Trinajstić information content (AvgIpc) is 2.69. The molecular weight excluding hydrogens is 206 g/mol. The summed E-state index contributed by atoms with van der Waals surface area (Å²) in [5, 5.41) is 8.26. The van der Waals surface area contributed by atoms with Crippen LogP contribution in [0.25, 0.3) is 16.7 Å². The first-order valence-electron chi connectivity index (χ1n) is 4.78. The SMILES string of the molecule is Cn1c(=O)c2ccccc2n2c(N)nnc12. The molecule has 16 heavy (non-hydrogen) atoms. The minimum absolute atomic E-state index is 0.101. The molecule has 0 saturated carbocycles. The molecule has 0 bridgehead atoms. The van der Waals surface area contributed by atoms with E-state index in [4.69, 9.17) is 5.73 Å². The van der Waals surface area contributed by atoms with Gasteiger partial charge in [0, 0.05) is 7.05 Å². The van der Waals surface area contributed by atoms with Gasteiger partial charge in [-0.3, -0.25) is 9.36 Å². The maximum absolute atomic E-state index is 12.0. The quantitative estimate of drug-likeness (QED) is 0.579. The lowest BCUT2D eigenvalue weighted by Crippen LogP contribution is -2.20. The number of nitrogens with zero attached hydrogens (tertiary/aromatic N) is 4. The Morgan fingerprint density at radius 1 is 1.25 bits per heavy atom. The van der Waals surface area contributed by atoms with Crippen LogP contribution in [0.1, 0.15) is 0 Å². The van der Waals surface area contributed by atoms with E-state index in [1.807, 2.05) is 18.2 Å². The molecule has 0 atom stereocenters. The number of para-hydroxylation sites is 1. The molecule has 0 fully saturated rings. The second-order valence-corrected chi connectivity index (χ2v) is 3.57. The molecule has 2 aromatic heterocycles. The molecule has 6 nitrogen and oxygen atoms in total. The van der Waals surface area contributed by atoms with Crippen LogP contribution in [0.3, 0.4) is 0 Å². The monoisotopic (exact) mass is 215 g/mol. The predicted molar refractivity (Wildman–Crippen MR) is 60.1 cm³/mol. The Morgan fingerprint density at radius 2 is 2.00 bits per heavy atom. The van der Waals surface area contributed by atoms with Gasteiger partial charge in [-0.2, -0.15) is 0 Å². The van der Waals surface area contributed by atoms with Crippen molar-refractivity contribution in [3.05, 3.63) is 34.6 Å². The molecule has 0 unspecified atom stereocenters. The Balaban J connectivity index is 2.77. The molecule has 0 amide bonds. The highest BCUT2D eigenvalue weighted by Crippen LogP contribution is 2.14. The fraction of sp³-hybridized carbons (Fsp3) is 0.100. The number of hydrogen-bond acceptors (Lipinski definition) is 4. The first kappa shape index (κ1) is 8.90. The second kappa shape index (κ2) is 2.82. The van der Waals surface area contributed by atoms with Crippen molar-refractivity contribution in [2.45, 2.75) is 0 Å². The summed E-state index contributed by atoms with van der Waals surface area (Å²) >= 11 is 0. The Kier molecular flexibility index (Phi) is 1.57. The number of benzene rings is 1. The van der Waals surface area contributed by atoms with Gasteiger partial charge >= 0.3 is 0 Å². The van der Waals surface area contributed by atoms with Crippen LogP contribution in [0.5, 0.6) is 0 Å². The summed E-state index contributed by atoms with van der Waals surface area (Å²) in [5.74, 6) is 0.725. The summed E-state index contributed by atoms with van der Waals surface area (Å²) in [7, 11) is 1.65. The third kappa shape index (κ3) is 0.928. The molecule has 0 radical (unpaired) electrons. The third-order valence-corrected chi connectivity index (χ3v) is 2.65. The van der Waals surface area contributed by atoms with Crippen LogP contribution in [0.2, 0.25) is 0 Å². The molecule has 0 aliphatic heterocycles. The van der Waals surface area contributed by atoms with Gasteiger partial charge in [-0.1, -0.05) is 12.1 Å². The third-order valence-electron chi connectivity index (χ3n) is 2.65. The number of anilines is 1. The molecule has 6 heteroatoms. The summed E-state index contributed by atoms with van der Waals surface area (Å²) < 4.78 is 3.10. The fourth-order valence-corrected chi connectivity index (χ4v) is 1.86. The molecule has 3 aromatic rings. The molecule has 0 saturated heterocycles. The van der Waals surface area contributed by atoms with Crippen LogP contribution < -0.4 is 11.3 Å². The van der Waals surface area contributed by atoms with Gasteiger partial charge in [0.25, 0.3) is 5.56 Å². The maximum atomic E-state index is 12.0. The Bertz CT molecular complexity index is 755. The van der Waals surface area contributed by atoms with E-state index >= 15 is 0 Å². The van der Waals surface area contributed by atoms with E-state index < -0.39 is 0 Å². The molecule has 3 rings (SSSR count). The highest BCUT2D eigenvalue weighted by molar-refractivity contribution is 5.81. The zero-order valence-corrected chi connectivity index (χ0v) is 8.58. The highest BCUT2D eigenvalue weighted by Gasteiger charge is 2.11. The summed E-state index contributed by atoms with van der Waals surface area (Å²) in [5.41, 5.74) is 6.36. The number of rotatable bonds is 0. The lowest BCUT2D eigenvalue weighted by atomic mass is 10.2. The first-order valence-corrected chi connectivity index (χ1v) is 4.78. The Labute approximate surface area is 89.9 Å². The van der Waals surface area contributed by atoms with E-state index in [1.54, 1.807) is 17.5 Å². The van der Waals surface area contributed by atoms with Crippen molar-refractivity contribution >= 4 is 22.6 Å². The summed E-state index contributed by atoms with van der Waals surface area (Å²) in [4.78, 5) is 12.0. The summed E-state index contributed by atoms with van der Waals surface area (Å²) in [6.07, 6.45) is 0. The minimum Gasteiger partial charge on any atom is -0.368 e. The number of fused-ring (bicyclic) bond motifs is 3. The lowest BCUT2D eigenvalue weighted by Gasteiger charge is -2.05. The smallest absolute Gasteiger partial charge is 0.262 e. The summed E-state index contributed by atoms with van der Waals surface area (Å²) in [6, 6.07) is 7.25. The van der Waals surface area contributed by atoms with Crippen molar-refractivity contribution in [2.24, 2.45) is 7.05 Å². The Morgan fingerprint density at radius 3 is 2.81 bits per heavy atom. The van der Waals surface area contributed by atoms with Crippen LogP contribution in [0.15, 0.2) is 29.1 Å². The van der Waals surface area contributed by atoms with E-state index in [1.165, 1.54) is 4.57 Å². The van der Waals surface area contributed by atoms with Crippen molar-refractivity contribution in [3.8, 4) is 0 Å². The molecule has 2 N–H and O–H groups in total. The van der Waals surface area contributed by atoms with E-state index in [0.29, 0.717) is 11.2 Å². The van der Waals surface area contributed by atoms with Gasteiger partial charge < -0.3 is 5.73 Å². The standard InChI is InChI=1S/C10H9N5O/c1-14-8(16)6-4-2-3-5-7(6)15-9(11)12-13-10(14)15/h2-5H,1H3,(H2,11,12). The lowest BCUT2D eigenvalue weighted by molar-refractivity contribution is 0.859. The van der Waals surface area contributed by atoms with E-state index in [9.17, 15) is 4.79 Å². The topological polar surface area (TPSA) is 78.2 Å². The Hall–Kier alpha value is -2.37. The minimum atomic E-state index is -0.101. The largest absolute Gasteiger partial charge is 0.368 e. The van der Waals surface area contributed by atoms with Crippen molar-refractivity contribution in [1.29, 1.82) is 0 Å². The van der Waals surface area contributed by atoms with Crippen LogP contribution in [0, 0.1) is 0 Å².